The number of carbonyl (C=O) groups excluding carboxylic acids is 1. The van der Waals surface area contributed by atoms with Crippen molar-refractivity contribution in [3.8, 4) is 17.2 Å². The largest absolute Gasteiger partial charge is 0.497 e. The van der Waals surface area contributed by atoms with Crippen LogP contribution in [0.4, 0.5) is 11.4 Å². The molecule has 3 aromatic rings. The highest BCUT2D eigenvalue weighted by Gasteiger charge is 2.17. The van der Waals surface area contributed by atoms with Crippen molar-refractivity contribution in [2.45, 2.75) is 20.5 Å². The zero-order valence-electron chi connectivity index (χ0n) is 18.1. The molecule has 166 valence electrons. The van der Waals surface area contributed by atoms with Crippen molar-refractivity contribution < 1.29 is 23.9 Å². The molecule has 0 aromatic heterocycles. The van der Waals surface area contributed by atoms with Crippen LogP contribution >= 0.6 is 0 Å². The highest BCUT2D eigenvalue weighted by Crippen LogP contribution is 2.27. The number of anilines is 1. The lowest BCUT2D eigenvalue weighted by Crippen LogP contribution is -2.14. The van der Waals surface area contributed by atoms with E-state index in [0.29, 0.717) is 40.5 Å². The van der Waals surface area contributed by atoms with Crippen molar-refractivity contribution in [3.63, 3.8) is 0 Å². The highest BCUT2D eigenvalue weighted by atomic mass is 16.6. The number of nitro benzene ring substituents is 1. The van der Waals surface area contributed by atoms with Crippen LogP contribution in [0.15, 0.2) is 60.7 Å². The van der Waals surface area contributed by atoms with Crippen molar-refractivity contribution in [1.29, 1.82) is 0 Å². The maximum absolute atomic E-state index is 12.8. The van der Waals surface area contributed by atoms with Gasteiger partial charge in [0.15, 0.2) is 0 Å². The Bertz CT molecular complexity index is 1110. The lowest BCUT2D eigenvalue weighted by molar-refractivity contribution is -0.385. The smallest absolute Gasteiger partial charge is 0.274 e. The molecule has 0 aliphatic rings. The maximum Gasteiger partial charge on any atom is 0.274 e. The summed E-state index contributed by atoms with van der Waals surface area (Å²) in [5.41, 5.74) is 1.80. The molecule has 8 heteroatoms. The monoisotopic (exact) mass is 436 g/mol. The number of methoxy groups -OCH3 is 1. The molecule has 0 unspecified atom stereocenters. The van der Waals surface area contributed by atoms with E-state index in [4.69, 9.17) is 14.2 Å². The summed E-state index contributed by atoms with van der Waals surface area (Å²) in [5.74, 6) is 1.60. The van der Waals surface area contributed by atoms with Crippen LogP contribution in [0.5, 0.6) is 17.2 Å². The lowest BCUT2D eigenvalue weighted by Gasteiger charge is -2.14. The second kappa shape index (κ2) is 10.3. The number of ether oxygens (including phenoxy) is 3. The molecule has 0 bridgehead atoms. The fourth-order valence-corrected chi connectivity index (χ4v) is 3.11. The van der Waals surface area contributed by atoms with Crippen LogP contribution in [0.1, 0.15) is 28.4 Å². The van der Waals surface area contributed by atoms with E-state index < -0.39 is 4.92 Å². The van der Waals surface area contributed by atoms with Gasteiger partial charge in [0, 0.05) is 17.2 Å². The van der Waals surface area contributed by atoms with Crippen molar-refractivity contribution >= 4 is 17.3 Å². The molecule has 0 saturated heterocycles. The number of hydrogen-bond donors (Lipinski definition) is 1. The Balaban J connectivity index is 1.80. The number of hydrogen-bond acceptors (Lipinski definition) is 6. The van der Waals surface area contributed by atoms with Crippen LogP contribution in [-0.2, 0) is 6.61 Å². The van der Waals surface area contributed by atoms with Gasteiger partial charge in [0.25, 0.3) is 11.6 Å². The molecule has 3 aromatic carbocycles. The third-order valence-corrected chi connectivity index (χ3v) is 4.83. The third kappa shape index (κ3) is 5.34. The predicted molar refractivity (Wildman–Crippen MR) is 121 cm³/mol. The fraction of sp³-hybridized carbons (Fsp3) is 0.208. The summed E-state index contributed by atoms with van der Waals surface area (Å²) in [6.45, 7) is 4.13. The Hall–Kier alpha value is -4.07. The molecule has 1 N–H and O–H groups in total. The number of benzene rings is 3. The summed E-state index contributed by atoms with van der Waals surface area (Å²) < 4.78 is 16.7. The van der Waals surface area contributed by atoms with Gasteiger partial charge in [-0.2, -0.15) is 0 Å². The first-order chi connectivity index (χ1) is 15.4. The van der Waals surface area contributed by atoms with Gasteiger partial charge < -0.3 is 19.5 Å². The van der Waals surface area contributed by atoms with Crippen LogP contribution in [0.2, 0.25) is 0 Å². The Morgan fingerprint density at radius 2 is 1.75 bits per heavy atom. The molecular formula is C24H24N2O6. The van der Waals surface area contributed by atoms with Crippen LogP contribution < -0.4 is 19.5 Å². The van der Waals surface area contributed by atoms with Gasteiger partial charge in [0.05, 0.1) is 29.9 Å². The van der Waals surface area contributed by atoms with Crippen molar-refractivity contribution in [3.05, 3.63) is 87.5 Å². The predicted octanol–water partition coefficient (Wildman–Crippen LogP) is 5.14. The average molecular weight is 436 g/mol. The minimum absolute atomic E-state index is 0.0527. The van der Waals surface area contributed by atoms with Crippen LogP contribution in [0.25, 0.3) is 0 Å². The lowest BCUT2D eigenvalue weighted by atomic mass is 10.1. The first kappa shape index (κ1) is 22.6. The second-order valence-electron chi connectivity index (χ2n) is 6.88. The third-order valence-electron chi connectivity index (χ3n) is 4.83. The van der Waals surface area contributed by atoms with Gasteiger partial charge in [-0.1, -0.05) is 6.07 Å². The molecule has 8 nitrogen and oxygen atoms in total. The van der Waals surface area contributed by atoms with Gasteiger partial charge in [0.2, 0.25) is 0 Å². The van der Waals surface area contributed by atoms with Crippen LogP contribution in [-0.4, -0.2) is 24.5 Å². The topological polar surface area (TPSA) is 99.9 Å². The zero-order chi connectivity index (χ0) is 23.1. The van der Waals surface area contributed by atoms with E-state index in [2.05, 4.69) is 5.32 Å². The molecule has 0 aliphatic carbocycles. The zero-order valence-corrected chi connectivity index (χ0v) is 18.1. The van der Waals surface area contributed by atoms with Crippen LogP contribution in [0, 0.1) is 17.0 Å². The summed E-state index contributed by atoms with van der Waals surface area (Å²) in [4.78, 5) is 23.5. The SMILES string of the molecule is CCOc1ccc(C(=O)Nc2cccc([N+](=O)[O-])c2C)cc1COc1ccc(OC)cc1. The summed E-state index contributed by atoms with van der Waals surface area (Å²) in [6, 6.07) is 16.8. The molecule has 0 heterocycles. The van der Waals surface area contributed by atoms with Crippen LogP contribution in [0.3, 0.4) is 0 Å². The van der Waals surface area contributed by atoms with Gasteiger partial charge in [-0.25, -0.2) is 0 Å². The van der Waals surface area contributed by atoms with Crippen molar-refractivity contribution in [1.82, 2.24) is 0 Å². The van der Waals surface area contributed by atoms with Gasteiger partial charge in [-0.05, 0) is 62.4 Å². The molecular weight excluding hydrogens is 412 g/mol. The number of nitro groups is 1. The number of amides is 1. The summed E-state index contributed by atoms with van der Waals surface area (Å²) >= 11 is 0. The van der Waals surface area contributed by atoms with E-state index in [-0.39, 0.29) is 18.2 Å². The average Bonchev–Trinajstić information content (AvgIpc) is 2.80. The Morgan fingerprint density at radius 1 is 1.03 bits per heavy atom. The number of rotatable bonds is 9. The number of carbonyl (C=O) groups is 1. The molecule has 0 spiro atoms. The molecule has 0 aliphatic heterocycles. The summed E-state index contributed by atoms with van der Waals surface area (Å²) in [6.07, 6.45) is 0. The Kier molecular flexibility index (Phi) is 7.28. The minimum Gasteiger partial charge on any atom is -0.497 e. The molecule has 32 heavy (non-hydrogen) atoms. The maximum atomic E-state index is 12.8. The molecule has 0 atom stereocenters. The van der Waals surface area contributed by atoms with Crippen molar-refractivity contribution in [2.24, 2.45) is 0 Å². The van der Waals surface area contributed by atoms with Gasteiger partial charge in [-0.3, -0.25) is 14.9 Å². The minimum atomic E-state index is -0.476. The number of nitrogens with zero attached hydrogens (tertiary/aromatic N) is 1. The van der Waals surface area contributed by atoms with E-state index in [1.54, 1.807) is 62.6 Å². The molecule has 0 radical (unpaired) electrons. The van der Waals surface area contributed by atoms with E-state index in [9.17, 15) is 14.9 Å². The van der Waals surface area contributed by atoms with E-state index >= 15 is 0 Å². The van der Waals surface area contributed by atoms with Crippen molar-refractivity contribution in [2.75, 3.05) is 19.0 Å². The second-order valence-corrected chi connectivity index (χ2v) is 6.88. The highest BCUT2D eigenvalue weighted by molar-refractivity contribution is 6.05. The van der Waals surface area contributed by atoms with Gasteiger partial charge in [-0.15, -0.1) is 0 Å². The van der Waals surface area contributed by atoms with E-state index in [1.165, 1.54) is 12.1 Å². The fourth-order valence-electron chi connectivity index (χ4n) is 3.11. The quantitative estimate of drug-likeness (QED) is 0.368. The Morgan fingerprint density at radius 3 is 2.41 bits per heavy atom. The molecule has 3 rings (SSSR count). The summed E-state index contributed by atoms with van der Waals surface area (Å²) in [5, 5.41) is 13.9. The first-order valence-corrected chi connectivity index (χ1v) is 10.0. The standard InChI is InChI=1S/C24H24N2O6/c1-4-31-23-13-8-17(14-18(23)15-32-20-11-9-19(30-3)10-12-20)24(27)25-21-6-5-7-22(16(21)2)26(28)29/h5-14H,4,15H2,1-3H3,(H,25,27). The van der Waals surface area contributed by atoms with Gasteiger partial charge >= 0.3 is 0 Å². The number of nitrogens with one attached hydrogen (secondary N) is 1. The van der Waals surface area contributed by atoms with E-state index in [1.807, 2.05) is 6.92 Å². The molecule has 0 fully saturated rings. The summed E-state index contributed by atoms with van der Waals surface area (Å²) in [7, 11) is 1.59. The van der Waals surface area contributed by atoms with E-state index in [0.717, 1.165) is 5.75 Å². The molecule has 0 saturated carbocycles. The Labute approximate surface area is 185 Å². The first-order valence-electron chi connectivity index (χ1n) is 10.0. The van der Waals surface area contributed by atoms with Gasteiger partial charge in [0.1, 0.15) is 23.9 Å². The normalized spacial score (nSPS) is 10.3. The molecule has 1 amide bonds.